The number of carbonyl (C=O) groups excluding carboxylic acids is 1. The Kier molecular flexibility index (Phi) is 6.75. The highest BCUT2D eigenvalue weighted by molar-refractivity contribution is 6.02. The summed E-state index contributed by atoms with van der Waals surface area (Å²) >= 11 is 0. The minimum atomic E-state index is -1.14. The van der Waals surface area contributed by atoms with Crippen LogP contribution in [0.3, 0.4) is 0 Å². The standard InChI is InChI=1S/C21H24O4/c1-15(2)9-8-14-19(16-10-4-3-5-11-16)25-21(24)18-13-7-6-12-17(18)20(22)23/h3-7,10-13,15,19H,8-9,14H2,1-2H3,(H,22,23). The fourth-order valence-corrected chi connectivity index (χ4v) is 2.71. The van der Waals surface area contributed by atoms with Crippen molar-refractivity contribution in [2.24, 2.45) is 5.92 Å². The van der Waals surface area contributed by atoms with Gasteiger partial charge in [-0.25, -0.2) is 9.59 Å². The lowest BCUT2D eigenvalue weighted by Gasteiger charge is -2.19. The maximum Gasteiger partial charge on any atom is 0.339 e. The average Bonchev–Trinajstić information content (AvgIpc) is 2.61. The van der Waals surface area contributed by atoms with Crippen molar-refractivity contribution in [3.05, 3.63) is 71.3 Å². The molecule has 0 aliphatic rings. The SMILES string of the molecule is CC(C)CCCC(OC(=O)c1ccccc1C(=O)O)c1ccccc1. The summed E-state index contributed by atoms with van der Waals surface area (Å²) in [6, 6.07) is 15.7. The largest absolute Gasteiger partial charge is 0.478 e. The van der Waals surface area contributed by atoms with Gasteiger partial charge in [-0.15, -0.1) is 0 Å². The molecule has 0 aromatic heterocycles. The maximum atomic E-state index is 12.6. The van der Waals surface area contributed by atoms with E-state index < -0.39 is 11.9 Å². The molecular formula is C21H24O4. The molecule has 1 unspecified atom stereocenters. The van der Waals surface area contributed by atoms with E-state index in [1.165, 1.54) is 12.1 Å². The molecule has 0 fully saturated rings. The number of hydrogen-bond acceptors (Lipinski definition) is 3. The van der Waals surface area contributed by atoms with E-state index in [-0.39, 0.29) is 17.2 Å². The van der Waals surface area contributed by atoms with Crippen molar-refractivity contribution >= 4 is 11.9 Å². The molecule has 0 aliphatic carbocycles. The summed E-state index contributed by atoms with van der Waals surface area (Å²) in [5, 5.41) is 9.26. The number of carboxylic acid groups (broad SMARTS) is 1. The van der Waals surface area contributed by atoms with E-state index in [0.717, 1.165) is 18.4 Å². The molecule has 25 heavy (non-hydrogen) atoms. The van der Waals surface area contributed by atoms with Crippen LogP contribution in [0.2, 0.25) is 0 Å². The van der Waals surface area contributed by atoms with Crippen LogP contribution in [0.4, 0.5) is 0 Å². The molecule has 0 saturated carbocycles. The molecule has 0 aliphatic heterocycles. The zero-order chi connectivity index (χ0) is 18.2. The lowest BCUT2D eigenvalue weighted by molar-refractivity contribution is 0.0264. The summed E-state index contributed by atoms with van der Waals surface area (Å²) in [4.78, 5) is 23.9. The monoisotopic (exact) mass is 340 g/mol. The Morgan fingerprint density at radius 1 is 0.920 bits per heavy atom. The highest BCUT2D eigenvalue weighted by Crippen LogP contribution is 2.26. The van der Waals surface area contributed by atoms with Crippen LogP contribution in [0.5, 0.6) is 0 Å². The Balaban J connectivity index is 2.18. The maximum absolute atomic E-state index is 12.6. The quantitative estimate of drug-likeness (QED) is 0.678. The first kappa shape index (κ1) is 18.7. The summed E-state index contributed by atoms with van der Waals surface area (Å²) in [5.74, 6) is -1.15. The van der Waals surface area contributed by atoms with Gasteiger partial charge in [-0.3, -0.25) is 0 Å². The smallest absolute Gasteiger partial charge is 0.339 e. The van der Waals surface area contributed by atoms with Crippen LogP contribution in [0.15, 0.2) is 54.6 Å². The predicted octanol–water partition coefficient (Wildman–Crippen LogP) is 5.11. The van der Waals surface area contributed by atoms with Crippen molar-refractivity contribution in [2.45, 2.75) is 39.2 Å². The topological polar surface area (TPSA) is 63.6 Å². The Morgan fingerprint density at radius 3 is 2.12 bits per heavy atom. The van der Waals surface area contributed by atoms with Gasteiger partial charge in [0, 0.05) is 0 Å². The Hall–Kier alpha value is -2.62. The summed E-state index contributed by atoms with van der Waals surface area (Å²) in [6.07, 6.45) is 2.32. The van der Waals surface area contributed by atoms with Gasteiger partial charge in [0.25, 0.3) is 0 Å². The second-order valence-electron chi connectivity index (χ2n) is 6.48. The highest BCUT2D eigenvalue weighted by Gasteiger charge is 2.22. The third-order valence-electron chi connectivity index (χ3n) is 4.05. The second-order valence-corrected chi connectivity index (χ2v) is 6.48. The van der Waals surface area contributed by atoms with Gasteiger partial charge in [-0.05, 0) is 36.5 Å². The Bertz CT molecular complexity index is 707. The van der Waals surface area contributed by atoms with Gasteiger partial charge in [-0.2, -0.15) is 0 Å². The molecule has 0 heterocycles. The van der Waals surface area contributed by atoms with E-state index in [0.29, 0.717) is 12.3 Å². The molecule has 4 heteroatoms. The average molecular weight is 340 g/mol. The van der Waals surface area contributed by atoms with Gasteiger partial charge in [0.05, 0.1) is 11.1 Å². The normalized spacial score (nSPS) is 12.0. The molecule has 132 valence electrons. The molecule has 2 rings (SSSR count). The van der Waals surface area contributed by atoms with Crippen LogP contribution in [-0.2, 0) is 4.74 Å². The molecule has 2 aromatic rings. The number of carboxylic acids is 1. The predicted molar refractivity (Wildman–Crippen MR) is 96.7 cm³/mol. The molecule has 4 nitrogen and oxygen atoms in total. The van der Waals surface area contributed by atoms with Crippen LogP contribution in [0.1, 0.15) is 65.5 Å². The van der Waals surface area contributed by atoms with Crippen LogP contribution >= 0.6 is 0 Å². The minimum Gasteiger partial charge on any atom is -0.478 e. The summed E-state index contributed by atoms with van der Waals surface area (Å²) in [5.41, 5.74) is 0.966. The molecule has 1 atom stereocenters. The van der Waals surface area contributed by atoms with E-state index in [9.17, 15) is 14.7 Å². The van der Waals surface area contributed by atoms with Gasteiger partial charge >= 0.3 is 11.9 Å². The lowest BCUT2D eigenvalue weighted by atomic mass is 9.99. The van der Waals surface area contributed by atoms with Gasteiger partial charge in [0.1, 0.15) is 6.10 Å². The van der Waals surface area contributed by atoms with Gasteiger partial charge in [-0.1, -0.05) is 62.7 Å². The van der Waals surface area contributed by atoms with Crippen molar-refractivity contribution in [1.82, 2.24) is 0 Å². The number of benzene rings is 2. The van der Waals surface area contributed by atoms with Gasteiger partial charge in [0.2, 0.25) is 0 Å². The van der Waals surface area contributed by atoms with Crippen LogP contribution in [0.25, 0.3) is 0 Å². The zero-order valence-electron chi connectivity index (χ0n) is 14.6. The molecule has 0 radical (unpaired) electrons. The molecule has 0 bridgehead atoms. The first-order valence-corrected chi connectivity index (χ1v) is 8.57. The van der Waals surface area contributed by atoms with E-state index >= 15 is 0 Å². The second kappa shape index (κ2) is 9.02. The molecule has 0 saturated heterocycles. The van der Waals surface area contributed by atoms with Gasteiger partial charge in [0.15, 0.2) is 0 Å². The first-order chi connectivity index (χ1) is 12.0. The fourth-order valence-electron chi connectivity index (χ4n) is 2.71. The van der Waals surface area contributed by atoms with E-state index in [4.69, 9.17) is 4.74 Å². The number of esters is 1. The molecule has 1 N–H and O–H groups in total. The fraction of sp³-hybridized carbons (Fsp3) is 0.333. The Labute approximate surface area is 148 Å². The molecular weight excluding hydrogens is 316 g/mol. The number of aromatic carboxylic acids is 1. The molecule has 0 spiro atoms. The van der Waals surface area contributed by atoms with Crippen LogP contribution in [-0.4, -0.2) is 17.0 Å². The highest BCUT2D eigenvalue weighted by atomic mass is 16.5. The van der Waals surface area contributed by atoms with Crippen LogP contribution < -0.4 is 0 Å². The number of carbonyl (C=O) groups is 2. The third kappa shape index (κ3) is 5.45. The van der Waals surface area contributed by atoms with Crippen molar-refractivity contribution in [1.29, 1.82) is 0 Å². The number of rotatable bonds is 8. The van der Waals surface area contributed by atoms with E-state index in [1.54, 1.807) is 12.1 Å². The summed E-state index contributed by atoms with van der Waals surface area (Å²) in [7, 11) is 0. The number of hydrogen-bond donors (Lipinski definition) is 1. The number of ether oxygens (including phenoxy) is 1. The van der Waals surface area contributed by atoms with Crippen LogP contribution in [0, 0.1) is 5.92 Å². The minimum absolute atomic E-state index is 0.0403. The van der Waals surface area contributed by atoms with Crippen molar-refractivity contribution in [3.63, 3.8) is 0 Å². The third-order valence-corrected chi connectivity index (χ3v) is 4.05. The summed E-state index contributed by atoms with van der Waals surface area (Å²) in [6.45, 7) is 4.32. The summed E-state index contributed by atoms with van der Waals surface area (Å²) < 4.78 is 5.69. The van der Waals surface area contributed by atoms with Crippen molar-refractivity contribution in [2.75, 3.05) is 0 Å². The molecule has 2 aromatic carbocycles. The van der Waals surface area contributed by atoms with Crippen molar-refractivity contribution in [3.8, 4) is 0 Å². The van der Waals surface area contributed by atoms with E-state index in [2.05, 4.69) is 13.8 Å². The van der Waals surface area contributed by atoms with Crippen molar-refractivity contribution < 1.29 is 19.4 Å². The first-order valence-electron chi connectivity index (χ1n) is 8.57. The van der Waals surface area contributed by atoms with E-state index in [1.807, 2.05) is 30.3 Å². The van der Waals surface area contributed by atoms with Gasteiger partial charge < -0.3 is 9.84 Å². The Morgan fingerprint density at radius 2 is 1.52 bits per heavy atom. The lowest BCUT2D eigenvalue weighted by Crippen LogP contribution is -2.15. The molecule has 0 amide bonds. The zero-order valence-corrected chi connectivity index (χ0v) is 14.6.